The second kappa shape index (κ2) is 6.42. The molecule has 1 aromatic carbocycles. The highest BCUT2D eigenvalue weighted by molar-refractivity contribution is 5.43. The third-order valence-corrected chi connectivity index (χ3v) is 4.39. The second-order valence-electron chi connectivity index (χ2n) is 5.87. The van der Waals surface area contributed by atoms with Gasteiger partial charge in [0.1, 0.15) is 11.9 Å². The van der Waals surface area contributed by atoms with Crippen molar-refractivity contribution in [1.29, 1.82) is 0 Å². The number of ether oxygens (including phenoxy) is 1. The van der Waals surface area contributed by atoms with Crippen LogP contribution < -0.4 is 10.5 Å². The van der Waals surface area contributed by atoms with Crippen LogP contribution in [-0.4, -0.2) is 6.10 Å². The molecule has 2 atom stereocenters. The van der Waals surface area contributed by atoms with Crippen LogP contribution in [0.3, 0.4) is 0 Å². The van der Waals surface area contributed by atoms with Crippen LogP contribution in [0.2, 0.25) is 0 Å². The SMILES string of the molecule is CCC1CCCCC1Oc1c(C)cc(CN)cc1C. The molecule has 2 nitrogen and oxygen atoms in total. The summed E-state index contributed by atoms with van der Waals surface area (Å²) in [6, 6.07) is 4.32. The first-order valence-electron chi connectivity index (χ1n) is 7.62. The first-order chi connectivity index (χ1) is 9.15. The van der Waals surface area contributed by atoms with Crippen LogP contribution in [0, 0.1) is 19.8 Å². The van der Waals surface area contributed by atoms with Crippen LogP contribution in [0.4, 0.5) is 0 Å². The van der Waals surface area contributed by atoms with E-state index in [1.54, 1.807) is 0 Å². The molecule has 0 aromatic heterocycles. The highest BCUT2D eigenvalue weighted by Gasteiger charge is 2.26. The molecule has 106 valence electrons. The first kappa shape index (κ1) is 14.4. The lowest BCUT2D eigenvalue weighted by atomic mass is 9.84. The Morgan fingerprint density at radius 2 is 1.79 bits per heavy atom. The summed E-state index contributed by atoms with van der Waals surface area (Å²) in [5.74, 6) is 1.81. The molecule has 0 amide bonds. The number of nitrogens with two attached hydrogens (primary N) is 1. The van der Waals surface area contributed by atoms with Crippen molar-refractivity contribution in [2.75, 3.05) is 0 Å². The fourth-order valence-electron chi connectivity index (χ4n) is 3.29. The van der Waals surface area contributed by atoms with E-state index in [1.165, 1.54) is 48.8 Å². The lowest BCUT2D eigenvalue weighted by molar-refractivity contribution is 0.0890. The molecule has 1 aromatic rings. The van der Waals surface area contributed by atoms with Gasteiger partial charge in [-0.1, -0.05) is 25.5 Å². The van der Waals surface area contributed by atoms with Gasteiger partial charge in [-0.3, -0.25) is 0 Å². The lowest BCUT2D eigenvalue weighted by Gasteiger charge is -2.32. The minimum absolute atomic E-state index is 0.403. The van der Waals surface area contributed by atoms with E-state index in [1.807, 2.05) is 0 Å². The molecular formula is C17H27NO. The van der Waals surface area contributed by atoms with Gasteiger partial charge in [0.15, 0.2) is 0 Å². The van der Waals surface area contributed by atoms with Crippen molar-refractivity contribution in [3.8, 4) is 5.75 Å². The van der Waals surface area contributed by atoms with E-state index in [9.17, 15) is 0 Å². The Hall–Kier alpha value is -1.02. The fraction of sp³-hybridized carbons (Fsp3) is 0.647. The van der Waals surface area contributed by atoms with Crippen molar-refractivity contribution in [3.63, 3.8) is 0 Å². The van der Waals surface area contributed by atoms with Crippen molar-refractivity contribution in [2.24, 2.45) is 11.7 Å². The Bertz CT molecular complexity index is 404. The molecule has 1 aliphatic rings. The molecule has 0 saturated heterocycles. The van der Waals surface area contributed by atoms with Gasteiger partial charge in [-0.25, -0.2) is 0 Å². The van der Waals surface area contributed by atoms with E-state index < -0.39 is 0 Å². The van der Waals surface area contributed by atoms with Crippen LogP contribution in [-0.2, 0) is 6.54 Å². The summed E-state index contributed by atoms with van der Waals surface area (Å²) in [5, 5.41) is 0. The zero-order valence-electron chi connectivity index (χ0n) is 12.5. The van der Waals surface area contributed by atoms with Gasteiger partial charge in [0.2, 0.25) is 0 Å². The van der Waals surface area contributed by atoms with Crippen LogP contribution in [0.25, 0.3) is 0 Å². The average molecular weight is 261 g/mol. The lowest BCUT2D eigenvalue weighted by Crippen LogP contribution is -2.30. The molecule has 0 spiro atoms. The van der Waals surface area contributed by atoms with E-state index in [-0.39, 0.29) is 0 Å². The van der Waals surface area contributed by atoms with Gasteiger partial charge in [0.05, 0.1) is 0 Å². The third-order valence-electron chi connectivity index (χ3n) is 4.39. The van der Waals surface area contributed by atoms with E-state index in [0.717, 1.165) is 11.7 Å². The largest absolute Gasteiger partial charge is 0.490 e. The standard InChI is InChI=1S/C17H27NO/c1-4-15-7-5-6-8-16(15)19-17-12(2)9-14(11-18)10-13(17)3/h9-10,15-16H,4-8,11,18H2,1-3H3. The quantitative estimate of drug-likeness (QED) is 0.885. The number of rotatable bonds is 4. The Labute approximate surface area is 117 Å². The molecule has 0 bridgehead atoms. The van der Waals surface area contributed by atoms with Gasteiger partial charge in [-0.15, -0.1) is 0 Å². The zero-order valence-corrected chi connectivity index (χ0v) is 12.5. The summed E-state index contributed by atoms with van der Waals surface area (Å²) in [5.41, 5.74) is 9.36. The molecule has 0 heterocycles. The maximum Gasteiger partial charge on any atom is 0.125 e. The van der Waals surface area contributed by atoms with Crippen molar-refractivity contribution >= 4 is 0 Å². The normalized spacial score (nSPS) is 23.4. The van der Waals surface area contributed by atoms with Gasteiger partial charge in [-0.2, -0.15) is 0 Å². The van der Waals surface area contributed by atoms with E-state index in [0.29, 0.717) is 12.6 Å². The topological polar surface area (TPSA) is 35.2 Å². The Morgan fingerprint density at radius 3 is 2.37 bits per heavy atom. The van der Waals surface area contributed by atoms with Gasteiger partial charge >= 0.3 is 0 Å². The Morgan fingerprint density at radius 1 is 1.16 bits per heavy atom. The van der Waals surface area contributed by atoms with Gasteiger partial charge < -0.3 is 10.5 Å². The van der Waals surface area contributed by atoms with Gasteiger partial charge in [0.25, 0.3) is 0 Å². The smallest absolute Gasteiger partial charge is 0.125 e. The molecule has 0 aliphatic heterocycles. The molecule has 1 aliphatic carbocycles. The molecular weight excluding hydrogens is 234 g/mol. The molecule has 2 rings (SSSR count). The summed E-state index contributed by atoms with van der Waals surface area (Å²) in [4.78, 5) is 0. The molecule has 19 heavy (non-hydrogen) atoms. The van der Waals surface area contributed by atoms with E-state index >= 15 is 0 Å². The van der Waals surface area contributed by atoms with Crippen LogP contribution >= 0.6 is 0 Å². The zero-order chi connectivity index (χ0) is 13.8. The second-order valence-corrected chi connectivity index (χ2v) is 5.87. The summed E-state index contributed by atoms with van der Waals surface area (Å²) in [6.45, 7) is 7.14. The number of benzene rings is 1. The maximum absolute atomic E-state index is 6.38. The molecule has 2 N–H and O–H groups in total. The molecule has 1 fully saturated rings. The predicted octanol–water partition coefficient (Wildman–Crippen LogP) is 4.11. The van der Waals surface area contributed by atoms with Crippen LogP contribution in [0.15, 0.2) is 12.1 Å². The monoisotopic (exact) mass is 261 g/mol. The fourth-order valence-corrected chi connectivity index (χ4v) is 3.29. The summed E-state index contributed by atoms with van der Waals surface area (Å²) < 4.78 is 6.38. The number of hydrogen-bond acceptors (Lipinski definition) is 2. The Kier molecular flexibility index (Phi) is 4.87. The third kappa shape index (κ3) is 3.30. The van der Waals surface area contributed by atoms with Crippen LogP contribution in [0.5, 0.6) is 5.75 Å². The summed E-state index contributed by atoms with van der Waals surface area (Å²) in [6.07, 6.45) is 6.82. The van der Waals surface area contributed by atoms with Crippen molar-refractivity contribution < 1.29 is 4.74 Å². The maximum atomic E-state index is 6.38. The average Bonchev–Trinajstić information content (AvgIpc) is 2.43. The minimum Gasteiger partial charge on any atom is -0.490 e. The van der Waals surface area contributed by atoms with E-state index in [2.05, 4.69) is 32.9 Å². The summed E-state index contributed by atoms with van der Waals surface area (Å²) >= 11 is 0. The van der Waals surface area contributed by atoms with Crippen molar-refractivity contribution in [3.05, 3.63) is 28.8 Å². The van der Waals surface area contributed by atoms with Gasteiger partial charge in [0, 0.05) is 6.54 Å². The minimum atomic E-state index is 0.403. The number of aryl methyl sites for hydroxylation is 2. The Balaban J connectivity index is 2.18. The van der Waals surface area contributed by atoms with E-state index in [4.69, 9.17) is 10.5 Å². The van der Waals surface area contributed by atoms with Crippen molar-refractivity contribution in [1.82, 2.24) is 0 Å². The molecule has 1 saturated carbocycles. The summed E-state index contributed by atoms with van der Waals surface area (Å²) in [7, 11) is 0. The molecule has 2 unspecified atom stereocenters. The first-order valence-corrected chi connectivity index (χ1v) is 7.62. The van der Waals surface area contributed by atoms with Crippen LogP contribution in [0.1, 0.15) is 55.7 Å². The highest BCUT2D eigenvalue weighted by atomic mass is 16.5. The molecule has 2 heteroatoms. The highest BCUT2D eigenvalue weighted by Crippen LogP contribution is 2.33. The van der Waals surface area contributed by atoms with Crippen molar-refractivity contribution in [2.45, 2.75) is 65.5 Å². The predicted molar refractivity (Wildman–Crippen MR) is 80.5 cm³/mol. The molecule has 0 radical (unpaired) electrons. The van der Waals surface area contributed by atoms with Gasteiger partial charge in [-0.05, 0) is 62.1 Å². The number of hydrogen-bond donors (Lipinski definition) is 1.